The average Bonchev–Trinajstić information content (AvgIpc) is 2.74. The molecule has 3 aromatic rings. The van der Waals surface area contributed by atoms with Crippen LogP contribution in [0.4, 0.5) is 5.82 Å². The van der Waals surface area contributed by atoms with Crippen molar-refractivity contribution in [2.75, 3.05) is 37.6 Å². The van der Waals surface area contributed by atoms with Crippen LogP contribution in [0, 0.1) is 6.92 Å². The first-order valence-electron chi connectivity index (χ1n) is 10.2. The van der Waals surface area contributed by atoms with Gasteiger partial charge in [0.2, 0.25) is 10.0 Å². The van der Waals surface area contributed by atoms with E-state index >= 15 is 0 Å². The molecule has 1 aliphatic heterocycles. The van der Waals surface area contributed by atoms with Gasteiger partial charge in [0.05, 0.1) is 5.52 Å². The van der Waals surface area contributed by atoms with Crippen molar-refractivity contribution in [3.05, 3.63) is 60.4 Å². The lowest BCUT2D eigenvalue weighted by molar-refractivity contribution is 0.241. The van der Waals surface area contributed by atoms with Gasteiger partial charge in [0.15, 0.2) is 0 Å². The van der Waals surface area contributed by atoms with Crippen molar-refractivity contribution in [3.63, 3.8) is 0 Å². The molecule has 4 rings (SSSR count). The van der Waals surface area contributed by atoms with E-state index in [1.165, 1.54) is 0 Å². The van der Waals surface area contributed by atoms with E-state index in [-0.39, 0.29) is 10.9 Å². The molecule has 0 aliphatic carbocycles. The number of fused-ring (bicyclic) bond motifs is 1. The number of aromatic nitrogens is 2. The van der Waals surface area contributed by atoms with E-state index in [0.29, 0.717) is 12.1 Å². The molecule has 158 valence electrons. The van der Waals surface area contributed by atoms with E-state index in [2.05, 4.69) is 24.5 Å². The fourth-order valence-corrected chi connectivity index (χ4v) is 5.33. The van der Waals surface area contributed by atoms with Gasteiger partial charge in [-0.1, -0.05) is 18.2 Å². The molecule has 1 aliphatic rings. The first-order chi connectivity index (χ1) is 14.4. The van der Waals surface area contributed by atoms with Gasteiger partial charge in [0.25, 0.3) is 0 Å². The highest BCUT2D eigenvalue weighted by Crippen LogP contribution is 2.22. The lowest BCUT2D eigenvalue weighted by Gasteiger charge is -2.36. The third kappa shape index (κ3) is 4.61. The van der Waals surface area contributed by atoms with Gasteiger partial charge in [0, 0.05) is 56.5 Å². The highest BCUT2D eigenvalue weighted by atomic mass is 32.2. The van der Waals surface area contributed by atoms with E-state index in [4.69, 9.17) is 0 Å². The molecule has 7 nitrogen and oxygen atoms in total. The summed E-state index contributed by atoms with van der Waals surface area (Å²) in [4.78, 5) is 13.6. The molecule has 0 spiro atoms. The summed E-state index contributed by atoms with van der Waals surface area (Å²) in [7, 11) is -3.66. The molecule has 1 saturated heterocycles. The number of aryl methyl sites for hydroxylation is 1. The Kier molecular flexibility index (Phi) is 5.99. The summed E-state index contributed by atoms with van der Waals surface area (Å²) in [5.74, 6) is 0.990. The van der Waals surface area contributed by atoms with Crippen LogP contribution in [0.15, 0.2) is 59.8 Å². The zero-order chi connectivity index (χ0) is 21.1. The van der Waals surface area contributed by atoms with Crippen molar-refractivity contribution >= 4 is 26.7 Å². The SMILES string of the molecule is Cc1cnc2c(S(=O)(=O)NC(C)CN3CCN(c4ccccn4)CC3)cccc2c1. The second-order valence-corrected chi connectivity index (χ2v) is 9.52. The lowest BCUT2D eigenvalue weighted by atomic mass is 10.2. The van der Waals surface area contributed by atoms with Crippen LogP contribution in [0.25, 0.3) is 10.9 Å². The summed E-state index contributed by atoms with van der Waals surface area (Å²) in [6.45, 7) is 8.02. The summed E-state index contributed by atoms with van der Waals surface area (Å²) >= 11 is 0. The summed E-state index contributed by atoms with van der Waals surface area (Å²) in [5.41, 5.74) is 1.51. The maximum absolute atomic E-state index is 13.0. The number of benzene rings is 1. The van der Waals surface area contributed by atoms with Crippen molar-refractivity contribution in [3.8, 4) is 0 Å². The second-order valence-electron chi connectivity index (χ2n) is 7.84. The zero-order valence-corrected chi connectivity index (χ0v) is 18.1. The number of para-hydroxylation sites is 1. The third-order valence-electron chi connectivity index (χ3n) is 5.33. The van der Waals surface area contributed by atoms with Crippen LogP contribution in [0.2, 0.25) is 0 Å². The van der Waals surface area contributed by atoms with E-state index in [1.807, 2.05) is 50.4 Å². The summed E-state index contributed by atoms with van der Waals surface area (Å²) in [5, 5.41) is 0.830. The maximum atomic E-state index is 13.0. The van der Waals surface area contributed by atoms with Crippen molar-refractivity contribution in [2.45, 2.75) is 24.8 Å². The van der Waals surface area contributed by atoms with Crippen LogP contribution < -0.4 is 9.62 Å². The van der Waals surface area contributed by atoms with Crippen molar-refractivity contribution in [2.24, 2.45) is 0 Å². The molecule has 1 aromatic carbocycles. The molecule has 1 N–H and O–H groups in total. The average molecular weight is 426 g/mol. The summed E-state index contributed by atoms with van der Waals surface area (Å²) in [6, 6.07) is 12.9. The minimum absolute atomic E-state index is 0.211. The first kappa shape index (κ1) is 20.7. The minimum Gasteiger partial charge on any atom is -0.354 e. The third-order valence-corrected chi connectivity index (χ3v) is 6.96. The molecule has 0 bridgehead atoms. The van der Waals surface area contributed by atoms with Crippen LogP contribution >= 0.6 is 0 Å². The van der Waals surface area contributed by atoms with Crippen molar-refractivity contribution < 1.29 is 8.42 Å². The second kappa shape index (κ2) is 8.67. The number of anilines is 1. The van der Waals surface area contributed by atoms with Gasteiger partial charge in [-0.25, -0.2) is 18.1 Å². The van der Waals surface area contributed by atoms with Crippen LogP contribution in [0.1, 0.15) is 12.5 Å². The molecular weight excluding hydrogens is 398 g/mol. The van der Waals surface area contributed by atoms with Crippen LogP contribution in [-0.2, 0) is 10.0 Å². The van der Waals surface area contributed by atoms with Crippen LogP contribution in [0.3, 0.4) is 0 Å². The van der Waals surface area contributed by atoms with E-state index in [9.17, 15) is 8.42 Å². The largest absolute Gasteiger partial charge is 0.354 e. The Labute approximate surface area is 177 Å². The molecule has 0 radical (unpaired) electrons. The Bertz CT molecular complexity index is 1110. The number of rotatable bonds is 6. The predicted molar refractivity (Wildman–Crippen MR) is 119 cm³/mol. The van der Waals surface area contributed by atoms with Gasteiger partial charge in [-0.3, -0.25) is 9.88 Å². The monoisotopic (exact) mass is 425 g/mol. The van der Waals surface area contributed by atoms with Crippen LogP contribution in [0.5, 0.6) is 0 Å². The highest BCUT2D eigenvalue weighted by molar-refractivity contribution is 7.89. The molecular formula is C22H27N5O2S. The summed E-state index contributed by atoms with van der Waals surface area (Å²) < 4.78 is 28.9. The first-order valence-corrected chi connectivity index (χ1v) is 11.7. The normalized spacial score (nSPS) is 16.7. The molecule has 8 heteroatoms. The van der Waals surface area contributed by atoms with E-state index in [0.717, 1.165) is 42.9 Å². The number of nitrogens with zero attached hydrogens (tertiary/aromatic N) is 4. The van der Waals surface area contributed by atoms with E-state index < -0.39 is 10.0 Å². The number of nitrogens with one attached hydrogen (secondary N) is 1. The maximum Gasteiger partial charge on any atom is 0.243 e. The van der Waals surface area contributed by atoms with Gasteiger partial charge in [-0.05, 0) is 43.7 Å². The number of hydrogen-bond acceptors (Lipinski definition) is 6. The number of hydrogen-bond donors (Lipinski definition) is 1. The fraction of sp³-hybridized carbons (Fsp3) is 0.364. The Balaban J connectivity index is 1.39. The predicted octanol–water partition coefficient (Wildman–Crippen LogP) is 2.43. The smallest absolute Gasteiger partial charge is 0.243 e. The fourth-order valence-electron chi connectivity index (χ4n) is 3.91. The molecule has 30 heavy (non-hydrogen) atoms. The van der Waals surface area contributed by atoms with Gasteiger partial charge in [0.1, 0.15) is 10.7 Å². The minimum atomic E-state index is -3.66. The van der Waals surface area contributed by atoms with Crippen LogP contribution in [-0.4, -0.2) is 62.1 Å². The molecule has 2 aromatic heterocycles. The van der Waals surface area contributed by atoms with Gasteiger partial charge in [-0.15, -0.1) is 0 Å². The number of sulfonamides is 1. The van der Waals surface area contributed by atoms with Gasteiger partial charge >= 0.3 is 0 Å². The molecule has 1 unspecified atom stereocenters. The Morgan fingerprint density at radius 2 is 1.87 bits per heavy atom. The van der Waals surface area contributed by atoms with Crippen molar-refractivity contribution in [1.82, 2.24) is 19.6 Å². The topological polar surface area (TPSA) is 78.4 Å². The highest BCUT2D eigenvalue weighted by Gasteiger charge is 2.24. The molecule has 0 saturated carbocycles. The van der Waals surface area contributed by atoms with Crippen molar-refractivity contribution in [1.29, 1.82) is 0 Å². The Hall–Kier alpha value is -2.55. The molecule has 1 atom stereocenters. The number of piperazine rings is 1. The lowest BCUT2D eigenvalue weighted by Crippen LogP contribution is -2.51. The zero-order valence-electron chi connectivity index (χ0n) is 17.3. The standard InChI is InChI=1S/C22H27N5O2S/c1-17-14-19-6-5-7-20(22(19)24-15-17)30(28,29)25-18(2)16-26-10-12-27(13-11-26)21-8-3-4-9-23-21/h3-9,14-15,18,25H,10-13,16H2,1-2H3. The summed E-state index contributed by atoms with van der Waals surface area (Å²) in [6.07, 6.45) is 3.51. The van der Waals surface area contributed by atoms with E-state index in [1.54, 1.807) is 18.3 Å². The quantitative estimate of drug-likeness (QED) is 0.654. The molecule has 1 fully saturated rings. The van der Waals surface area contributed by atoms with Gasteiger partial charge < -0.3 is 4.90 Å². The van der Waals surface area contributed by atoms with Gasteiger partial charge in [-0.2, -0.15) is 0 Å². The molecule has 0 amide bonds. The number of pyridine rings is 2. The molecule has 3 heterocycles. The Morgan fingerprint density at radius 3 is 2.60 bits per heavy atom. The Morgan fingerprint density at radius 1 is 1.07 bits per heavy atom.